The first kappa shape index (κ1) is 20.8. The van der Waals surface area contributed by atoms with Crippen molar-refractivity contribution in [3.8, 4) is 11.1 Å². The first-order valence-electron chi connectivity index (χ1n) is 8.79. The molecule has 146 valence electrons. The molecule has 0 N–H and O–H groups in total. The van der Waals surface area contributed by atoms with E-state index in [1.807, 2.05) is 32.0 Å². The SMILES string of the molecule is Cc1cc(Cc2ccc(Cl)c(Cl)c2C)ccc1-c1ccc(C(F)(F)F)c(C)c1. The Balaban J connectivity index is 1.91. The van der Waals surface area contributed by atoms with E-state index in [-0.39, 0.29) is 5.56 Å². The molecule has 0 aliphatic heterocycles. The Bertz CT molecular complexity index is 1040. The summed E-state index contributed by atoms with van der Waals surface area (Å²) >= 11 is 12.3. The molecule has 0 heterocycles. The number of aryl methyl sites for hydroxylation is 2. The Morgan fingerprint density at radius 2 is 1.54 bits per heavy atom. The van der Waals surface area contributed by atoms with Crippen LogP contribution in [0, 0.1) is 20.8 Å². The van der Waals surface area contributed by atoms with Crippen LogP contribution in [0.2, 0.25) is 10.0 Å². The van der Waals surface area contributed by atoms with Crippen molar-refractivity contribution in [1.82, 2.24) is 0 Å². The monoisotopic (exact) mass is 422 g/mol. The average molecular weight is 423 g/mol. The second-order valence-electron chi connectivity index (χ2n) is 7.00. The molecule has 0 spiro atoms. The zero-order valence-corrected chi connectivity index (χ0v) is 17.2. The van der Waals surface area contributed by atoms with E-state index in [0.717, 1.165) is 39.4 Å². The summed E-state index contributed by atoms with van der Waals surface area (Å²) in [6.07, 6.45) is -3.63. The molecule has 0 unspecified atom stereocenters. The molecule has 0 aliphatic carbocycles. The molecule has 28 heavy (non-hydrogen) atoms. The van der Waals surface area contributed by atoms with Gasteiger partial charge in [0.25, 0.3) is 0 Å². The maximum Gasteiger partial charge on any atom is 0.416 e. The summed E-state index contributed by atoms with van der Waals surface area (Å²) in [6, 6.07) is 14.0. The van der Waals surface area contributed by atoms with Gasteiger partial charge in [-0.1, -0.05) is 59.6 Å². The van der Waals surface area contributed by atoms with Crippen molar-refractivity contribution in [2.24, 2.45) is 0 Å². The van der Waals surface area contributed by atoms with Gasteiger partial charge in [-0.05, 0) is 78.3 Å². The molecule has 3 aromatic rings. The van der Waals surface area contributed by atoms with Gasteiger partial charge in [0.1, 0.15) is 0 Å². The molecule has 0 aliphatic rings. The molecule has 0 radical (unpaired) electrons. The molecular formula is C23H19Cl2F3. The summed E-state index contributed by atoms with van der Waals surface area (Å²) in [6.45, 7) is 5.40. The van der Waals surface area contributed by atoms with Gasteiger partial charge in [-0.2, -0.15) is 13.2 Å². The van der Waals surface area contributed by atoms with Gasteiger partial charge < -0.3 is 0 Å². The summed E-state index contributed by atoms with van der Waals surface area (Å²) in [7, 11) is 0. The molecule has 0 aromatic heterocycles. The van der Waals surface area contributed by atoms with Gasteiger partial charge in [0.05, 0.1) is 15.6 Å². The van der Waals surface area contributed by atoms with E-state index in [1.165, 1.54) is 13.0 Å². The van der Waals surface area contributed by atoms with E-state index in [1.54, 1.807) is 12.1 Å². The number of rotatable bonds is 3. The third-order valence-electron chi connectivity index (χ3n) is 4.98. The third kappa shape index (κ3) is 4.21. The summed E-state index contributed by atoms with van der Waals surface area (Å²) in [5, 5.41) is 1.10. The van der Waals surface area contributed by atoms with E-state index < -0.39 is 11.7 Å². The summed E-state index contributed by atoms with van der Waals surface area (Å²) < 4.78 is 39.0. The average Bonchev–Trinajstić information content (AvgIpc) is 2.61. The molecule has 0 amide bonds. The molecule has 0 saturated heterocycles. The Hall–Kier alpha value is -1.97. The van der Waals surface area contributed by atoms with Crippen LogP contribution in [0.1, 0.15) is 33.4 Å². The molecule has 0 bridgehead atoms. The van der Waals surface area contributed by atoms with Crippen LogP contribution in [0.4, 0.5) is 13.2 Å². The van der Waals surface area contributed by atoms with Crippen LogP contribution in [0.5, 0.6) is 0 Å². The highest BCUT2D eigenvalue weighted by Crippen LogP contribution is 2.35. The Morgan fingerprint density at radius 3 is 2.14 bits per heavy atom. The first-order chi connectivity index (χ1) is 13.1. The molecule has 0 nitrogen and oxygen atoms in total. The fourth-order valence-electron chi connectivity index (χ4n) is 3.41. The highest BCUT2D eigenvalue weighted by Gasteiger charge is 2.32. The number of benzene rings is 3. The van der Waals surface area contributed by atoms with Crippen molar-refractivity contribution in [1.29, 1.82) is 0 Å². The fourth-order valence-corrected chi connectivity index (χ4v) is 3.80. The van der Waals surface area contributed by atoms with Crippen LogP contribution >= 0.6 is 23.2 Å². The Kier molecular flexibility index (Phi) is 5.79. The number of hydrogen-bond acceptors (Lipinski definition) is 0. The predicted molar refractivity (Wildman–Crippen MR) is 110 cm³/mol. The van der Waals surface area contributed by atoms with Gasteiger partial charge in [-0.15, -0.1) is 0 Å². The second-order valence-corrected chi connectivity index (χ2v) is 7.78. The number of hydrogen-bond donors (Lipinski definition) is 0. The normalized spacial score (nSPS) is 11.7. The summed E-state index contributed by atoms with van der Waals surface area (Å²) in [5.41, 5.74) is 5.48. The van der Waals surface area contributed by atoms with Gasteiger partial charge >= 0.3 is 6.18 Å². The van der Waals surface area contributed by atoms with Gasteiger partial charge in [0, 0.05) is 0 Å². The van der Waals surface area contributed by atoms with Crippen molar-refractivity contribution < 1.29 is 13.2 Å². The first-order valence-corrected chi connectivity index (χ1v) is 9.54. The topological polar surface area (TPSA) is 0 Å². The minimum absolute atomic E-state index is 0.222. The maximum absolute atomic E-state index is 13.0. The molecular weight excluding hydrogens is 404 g/mol. The maximum atomic E-state index is 13.0. The quantitative estimate of drug-likeness (QED) is 0.398. The highest BCUT2D eigenvalue weighted by molar-refractivity contribution is 6.42. The lowest BCUT2D eigenvalue weighted by molar-refractivity contribution is -0.138. The molecule has 0 fully saturated rings. The number of alkyl halides is 3. The Morgan fingerprint density at radius 1 is 0.821 bits per heavy atom. The summed E-state index contributed by atoms with van der Waals surface area (Å²) in [5.74, 6) is 0. The third-order valence-corrected chi connectivity index (χ3v) is 5.88. The lowest BCUT2D eigenvalue weighted by Gasteiger charge is -2.14. The lowest BCUT2D eigenvalue weighted by Crippen LogP contribution is -2.07. The molecule has 0 atom stereocenters. The van der Waals surface area contributed by atoms with Crippen LogP contribution < -0.4 is 0 Å². The lowest BCUT2D eigenvalue weighted by atomic mass is 9.93. The van der Waals surface area contributed by atoms with Crippen molar-refractivity contribution >= 4 is 23.2 Å². The molecule has 3 rings (SSSR count). The van der Waals surface area contributed by atoms with E-state index in [4.69, 9.17) is 23.2 Å². The van der Waals surface area contributed by atoms with E-state index in [0.29, 0.717) is 16.5 Å². The summed E-state index contributed by atoms with van der Waals surface area (Å²) in [4.78, 5) is 0. The number of halogens is 5. The van der Waals surface area contributed by atoms with Crippen molar-refractivity contribution in [3.05, 3.63) is 92.0 Å². The van der Waals surface area contributed by atoms with E-state index >= 15 is 0 Å². The van der Waals surface area contributed by atoms with Gasteiger partial charge in [-0.3, -0.25) is 0 Å². The van der Waals surface area contributed by atoms with Crippen LogP contribution in [0.25, 0.3) is 11.1 Å². The van der Waals surface area contributed by atoms with Crippen LogP contribution in [0.15, 0.2) is 48.5 Å². The molecule has 5 heteroatoms. The molecule has 0 saturated carbocycles. The minimum Gasteiger partial charge on any atom is -0.166 e. The second kappa shape index (κ2) is 7.81. The van der Waals surface area contributed by atoms with E-state index in [2.05, 4.69) is 6.07 Å². The van der Waals surface area contributed by atoms with Gasteiger partial charge in [-0.25, -0.2) is 0 Å². The Labute approximate surface area is 172 Å². The van der Waals surface area contributed by atoms with Crippen LogP contribution in [0.3, 0.4) is 0 Å². The van der Waals surface area contributed by atoms with Crippen molar-refractivity contribution in [3.63, 3.8) is 0 Å². The standard InChI is InChI=1S/C23H19Cl2F3/c1-13-10-16(12-17-6-9-21(24)22(25)15(17)3)4-7-19(13)18-5-8-20(14(2)11-18)23(26,27)28/h4-11H,12H2,1-3H3. The van der Waals surface area contributed by atoms with Crippen molar-refractivity contribution in [2.45, 2.75) is 33.4 Å². The zero-order valence-electron chi connectivity index (χ0n) is 15.7. The predicted octanol–water partition coefficient (Wildman–Crippen LogP) is 8.20. The van der Waals surface area contributed by atoms with Gasteiger partial charge in [0.15, 0.2) is 0 Å². The van der Waals surface area contributed by atoms with Crippen LogP contribution in [-0.2, 0) is 12.6 Å². The molecule has 3 aromatic carbocycles. The highest BCUT2D eigenvalue weighted by atomic mass is 35.5. The zero-order chi connectivity index (χ0) is 20.6. The van der Waals surface area contributed by atoms with Crippen LogP contribution in [-0.4, -0.2) is 0 Å². The smallest absolute Gasteiger partial charge is 0.166 e. The van der Waals surface area contributed by atoms with Crippen molar-refractivity contribution in [2.75, 3.05) is 0 Å². The van der Waals surface area contributed by atoms with Gasteiger partial charge in [0.2, 0.25) is 0 Å². The fraction of sp³-hybridized carbons (Fsp3) is 0.217. The van der Waals surface area contributed by atoms with E-state index in [9.17, 15) is 13.2 Å². The largest absolute Gasteiger partial charge is 0.416 e. The minimum atomic E-state index is -4.33.